The fraction of sp³-hybridized carbons (Fsp3) is 0.286. The summed E-state index contributed by atoms with van der Waals surface area (Å²) in [5, 5.41) is 0. The maximum atomic E-state index is 12.0. The zero-order valence-electron chi connectivity index (χ0n) is 15.1. The number of H-pyrrole nitrogens is 1. The standard InChI is InChI=1S/C21H22N4O/c1-14-15(2)23-20(24-21(14)26)17-8-11-19(22-12-17)25(18-9-10-18)13-16-6-4-3-5-7-16/h3-8,11-12,18H,9-10,13H2,1-2H3,(H,23,24,26). The first-order valence-corrected chi connectivity index (χ1v) is 8.96. The normalized spacial score (nSPS) is 13.6. The molecule has 0 saturated heterocycles. The lowest BCUT2D eigenvalue weighted by Gasteiger charge is -2.23. The molecule has 1 saturated carbocycles. The van der Waals surface area contributed by atoms with Gasteiger partial charge in [0, 0.05) is 35.6 Å². The second-order valence-corrected chi connectivity index (χ2v) is 6.87. The molecule has 5 nitrogen and oxygen atoms in total. The lowest BCUT2D eigenvalue weighted by atomic mass is 10.2. The van der Waals surface area contributed by atoms with Gasteiger partial charge in [0.15, 0.2) is 0 Å². The lowest BCUT2D eigenvalue weighted by Crippen LogP contribution is -2.25. The van der Waals surface area contributed by atoms with Crippen molar-refractivity contribution in [1.82, 2.24) is 15.0 Å². The van der Waals surface area contributed by atoms with Crippen LogP contribution in [0.5, 0.6) is 0 Å². The third-order valence-electron chi connectivity index (χ3n) is 4.89. The SMILES string of the molecule is Cc1nc(-c2ccc(N(Cc3ccccc3)C3CC3)nc2)[nH]c(=O)c1C. The first kappa shape index (κ1) is 16.5. The van der Waals surface area contributed by atoms with Crippen LogP contribution in [-0.4, -0.2) is 21.0 Å². The lowest BCUT2D eigenvalue weighted by molar-refractivity contribution is 0.778. The van der Waals surface area contributed by atoms with Gasteiger partial charge in [0.05, 0.1) is 0 Å². The maximum absolute atomic E-state index is 12.0. The van der Waals surface area contributed by atoms with Crippen molar-refractivity contribution in [2.45, 2.75) is 39.3 Å². The van der Waals surface area contributed by atoms with E-state index in [0.717, 1.165) is 23.6 Å². The summed E-state index contributed by atoms with van der Waals surface area (Å²) >= 11 is 0. The van der Waals surface area contributed by atoms with Gasteiger partial charge in [0.1, 0.15) is 11.6 Å². The van der Waals surface area contributed by atoms with Gasteiger partial charge in [-0.1, -0.05) is 30.3 Å². The molecule has 132 valence electrons. The van der Waals surface area contributed by atoms with Crippen molar-refractivity contribution in [3.63, 3.8) is 0 Å². The Morgan fingerprint density at radius 1 is 1.12 bits per heavy atom. The van der Waals surface area contributed by atoms with E-state index in [1.165, 1.54) is 18.4 Å². The molecule has 0 unspecified atom stereocenters. The predicted molar refractivity (Wildman–Crippen MR) is 103 cm³/mol. The minimum atomic E-state index is -0.0970. The summed E-state index contributed by atoms with van der Waals surface area (Å²) in [7, 11) is 0. The number of aromatic amines is 1. The molecule has 1 fully saturated rings. The topological polar surface area (TPSA) is 61.9 Å². The molecule has 0 spiro atoms. The number of aromatic nitrogens is 3. The molecular weight excluding hydrogens is 324 g/mol. The van der Waals surface area contributed by atoms with Crippen molar-refractivity contribution >= 4 is 5.82 Å². The molecule has 2 aromatic heterocycles. The van der Waals surface area contributed by atoms with E-state index in [2.05, 4.69) is 44.1 Å². The number of nitrogens with zero attached hydrogens (tertiary/aromatic N) is 3. The van der Waals surface area contributed by atoms with Crippen molar-refractivity contribution in [3.8, 4) is 11.4 Å². The van der Waals surface area contributed by atoms with Gasteiger partial charge in [-0.25, -0.2) is 9.97 Å². The second-order valence-electron chi connectivity index (χ2n) is 6.87. The first-order valence-electron chi connectivity index (χ1n) is 8.96. The number of aryl methyl sites for hydroxylation is 1. The Morgan fingerprint density at radius 3 is 2.50 bits per heavy atom. The molecule has 4 rings (SSSR count). The third kappa shape index (κ3) is 3.38. The Morgan fingerprint density at radius 2 is 1.88 bits per heavy atom. The average molecular weight is 346 g/mol. The molecule has 5 heteroatoms. The van der Waals surface area contributed by atoms with Crippen LogP contribution in [0.3, 0.4) is 0 Å². The van der Waals surface area contributed by atoms with Crippen LogP contribution in [-0.2, 0) is 6.54 Å². The highest BCUT2D eigenvalue weighted by molar-refractivity contribution is 5.57. The van der Waals surface area contributed by atoms with Gasteiger partial charge in [-0.05, 0) is 44.4 Å². The molecule has 0 radical (unpaired) electrons. The zero-order valence-corrected chi connectivity index (χ0v) is 15.1. The monoisotopic (exact) mass is 346 g/mol. The van der Waals surface area contributed by atoms with Crippen molar-refractivity contribution in [1.29, 1.82) is 0 Å². The Kier molecular flexibility index (Phi) is 4.29. The number of nitrogens with one attached hydrogen (secondary N) is 1. The zero-order chi connectivity index (χ0) is 18.1. The van der Waals surface area contributed by atoms with E-state index in [0.29, 0.717) is 17.4 Å². The summed E-state index contributed by atoms with van der Waals surface area (Å²) in [4.78, 5) is 26.3. The average Bonchev–Trinajstić information content (AvgIpc) is 3.50. The number of hydrogen-bond acceptors (Lipinski definition) is 4. The largest absolute Gasteiger partial charge is 0.349 e. The van der Waals surface area contributed by atoms with Gasteiger partial charge in [-0.2, -0.15) is 0 Å². The Bertz CT molecular complexity index is 960. The first-order chi connectivity index (χ1) is 12.6. The van der Waals surface area contributed by atoms with Crippen LogP contribution < -0.4 is 10.5 Å². The van der Waals surface area contributed by atoms with E-state index >= 15 is 0 Å². The molecule has 0 aliphatic heterocycles. The number of rotatable bonds is 5. The van der Waals surface area contributed by atoms with Crippen LogP contribution >= 0.6 is 0 Å². The van der Waals surface area contributed by atoms with Crippen molar-refractivity contribution in [2.75, 3.05) is 4.90 Å². The minimum absolute atomic E-state index is 0.0970. The van der Waals surface area contributed by atoms with E-state index in [4.69, 9.17) is 0 Å². The summed E-state index contributed by atoms with van der Waals surface area (Å²) in [5.41, 5.74) is 3.41. The number of benzene rings is 1. The molecule has 1 aliphatic carbocycles. The summed E-state index contributed by atoms with van der Waals surface area (Å²) < 4.78 is 0. The van der Waals surface area contributed by atoms with Gasteiger partial charge >= 0.3 is 0 Å². The van der Waals surface area contributed by atoms with E-state index in [1.54, 1.807) is 13.1 Å². The van der Waals surface area contributed by atoms with Crippen LogP contribution in [0.4, 0.5) is 5.82 Å². The Hall–Kier alpha value is -2.95. The van der Waals surface area contributed by atoms with Gasteiger partial charge in [-0.15, -0.1) is 0 Å². The Balaban J connectivity index is 1.61. The summed E-state index contributed by atoms with van der Waals surface area (Å²) in [5.74, 6) is 1.53. The molecule has 0 atom stereocenters. The molecule has 1 aromatic carbocycles. The maximum Gasteiger partial charge on any atom is 0.254 e. The highest BCUT2D eigenvalue weighted by Gasteiger charge is 2.30. The summed E-state index contributed by atoms with van der Waals surface area (Å²) in [6.45, 7) is 4.49. The summed E-state index contributed by atoms with van der Waals surface area (Å²) in [6.07, 6.45) is 4.22. The molecule has 1 aliphatic rings. The molecule has 26 heavy (non-hydrogen) atoms. The van der Waals surface area contributed by atoms with Crippen LogP contribution in [0.15, 0.2) is 53.5 Å². The van der Waals surface area contributed by atoms with Gasteiger partial charge in [0.2, 0.25) is 0 Å². The fourth-order valence-electron chi connectivity index (χ4n) is 3.04. The smallest absolute Gasteiger partial charge is 0.254 e. The Labute approximate surface area is 152 Å². The van der Waals surface area contributed by atoms with Gasteiger partial charge in [-0.3, -0.25) is 4.79 Å². The van der Waals surface area contributed by atoms with E-state index < -0.39 is 0 Å². The molecule has 0 bridgehead atoms. The van der Waals surface area contributed by atoms with Crippen molar-refractivity contribution < 1.29 is 0 Å². The van der Waals surface area contributed by atoms with Crippen LogP contribution in [0.25, 0.3) is 11.4 Å². The van der Waals surface area contributed by atoms with E-state index in [-0.39, 0.29) is 5.56 Å². The number of hydrogen-bond donors (Lipinski definition) is 1. The highest BCUT2D eigenvalue weighted by Crippen LogP contribution is 2.32. The predicted octanol–water partition coefficient (Wildman–Crippen LogP) is 3.62. The quantitative estimate of drug-likeness (QED) is 0.766. The molecule has 1 N–H and O–H groups in total. The second kappa shape index (κ2) is 6.75. The van der Waals surface area contributed by atoms with Crippen molar-refractivity contribution in [2.24, 2.45) is 0 Å². The highest BCUT2D eigenvalue weighted by atomic mass is 16.1. The molecule has 3 aromatic rings. The molecule has 0 amide bonds. The van der Waals surface area contributed by atoms with Gasteiger partial charge < -0.3 is 9.88 Å². The van der Waals surface area contributed by atoms with Crippen LogP contribution in [0.1, 0.15) is 29.7 Å². The van der Waals surface area contributed by atoms with Crippen LogP contribution in [0, 0.1) is 13.8 Å². The summed E-state index contributed by atoms with van der Waals surface area (Å²) in [6, 6.07) is 15.0. The van der Waals surface area contributed by atoms with Gasteiger partial charge in [0.25, 0.3) is 5.56 Å². The fourth-order valence-corrected chi connectivity index (χ4v) is 3.04. The number of anilines is 1. The number of pyridine rings is 1. The molecule has 2 heterocycles. The third-order valence-corrected chi connectivity index (χ3v) is 4.89. The van der Waals surface area contributed by atoms with E-state index in [1.807, 2.05) is 25.1 Å². The van der Waals surface area contributed by atoms with Crippen molar-refractivity contribution in [3.05, 3.63) is 75.8 Å². The minimum Gasteiger partial charge on any atom is -0.349 e. The molecular formula is C21H22N4O. The van der Waals surface area contributed by atoms with E-state index in [9.17, 15) is 4.79 Å². The van der Waals surface area contributed by atoms with Crippen LogP contribution in [0.2, 0.25) is 0 Å².